The molecule has 1 aliphatic carbocycles. The minimum atomic E-state index is -4.44. The van der Waals surface area contributed by atoms with Crippen LogP contribution in [0.25, 0.3) is 0 Å². The normalized spacial score (nSPS) is 20.5. The summed E-state index contributed by atoms with van der Waals surface area (Å²) in [6, 6.07) is 14.8. The number of benzene rings is 2. The van der Waals surface area contributed by atoms with Gasteiger partial charge in [0.25, 0.3) is 0 Å². The highest BCUT2D eigenvalue weighted by molar-refractivity contribution is 8.10. The number of Topliss-reactive ketones (excluding diaryl/α,β-unsaturated/α-hetero) is 1. The second kappa shape index (κ2) is 10.0. The first-order chi connectivity index (χ1) is 15.7. The van der Waals surface area contributed by atoms with Crippen molar-refractivity contribution in [1.82, 2.24) is 0 Å². The predicted octanol–water partition coefficient (Wildman–Crippen LogP) is 3.51. The highest BCUT2D eigenvalue weighted by Gasteiger charge is 2.55. The molecule has 0 heterocycles. The van der Waals surface area contributed by atoms with Crippen molar-refractivity contribution >= 4 is 31.4 Å². The lowest BCUT2D eigenvalue weighted by molar-refractivity contribution is -0.147. The largest absolute Gasteiger partial charge is 0.469 e. The molecule has 0 bridgehead atoms. The molecule has 2 aromatic rings. The van der Waals surface area contributed by atoms with Crippen molar-refractivity contribution in [3.05, 3.63) is 72.8 Å². The average Bonchev–Trinajstić information content (AvgIpc) is 2.83. The molecule has 9 heteroatoms. The van der Waals surface area contributed by atoms with Gasteiger partial charge >= 0.3 is 5.97 Å². The third-order valence-electron chi connectivity index (χ3n) is 5.90. The van der Waals surface area contributed by atoms with Crippen LogP contribution in [-0.4, -0.2) is 39.8 Å². The van der Waals surface area contributed by atoms with E-state index in [0.717, 1.165) is 0 Å². The molecule has 0 spiro atoms. The number of carbonyl (C=O) groups is 2. The molecule has 0 aliphatic heterocycles. The number of ketones is 1. The van der Waals surface area contributed by atoms with E-state index in [2.05, 4.69) is 0 Å². The lowest BCUT2D eigenvalue weighted by Crippen LogP contribution is -2.46. The minimum absolute atomic E-state index is 0.130. The van der Waals surface area contributed by atoms with Gasteiger partial charge in [0.15, 0.2) is 23.8 Å². The van der Waals surface area contributed by atoms with Gasteiger partial charge in [-0.25, -0.2) is 16.8 Å². The zero-order valence-corrected chi connectivity index (χ0v) is 19.8. The van der Waals surface area contributed by atoms with Gasteiger partial charge in [0.1, 0.15) is 5.78 Å². The summed E-state index contributed by atoms with van der Waals surface area (Å²) in [5.74, 6) is -1.62. The van der Waals surface area contributed by atoms with Gasteiger partial charge < -0.3 is 4.74 Å². The first-order valence-electron chi connectivity index (χ1n) is 10.5. The molecule has 33 heavy (non-hydrogen) atoms. The van der Waals surface area contributed by atoms with Crippen molar-refractivity contribution in [1.29, 1.82) is 0 Å². The summed E-state index contributed by atoms with van der Waals surface area (Å²) in [6.45, 7) is 0. The molecule has 0 saturated heterocycles. The van der Waals surface area contributed by atoms with Crippen LogP contribution in [0.15, 0.2) is 82.6 Å². The summed E-state index contributed by atoms with van der Waals surface area (Å²) in [5, 5.41) is 0. The molecule has 7 nitrogen and oxygen atoms in total. The van der Waals surface area contributed by atoms with E-state index in [0.29, 0.717) is 0 Å². The number of esters is 1. The van der Waals surface area contributed by atoms with Crippen LogP contribution < -0.4 is 0 Å². The van der Waals surface area contributed by atoms with E-state index in [1.165, 1.54) is 61.7 Å². The molecular formula is C24H26O7S2. The molecule has 176 valence electrons. The van der Waals surface area contributed by atoms with E-state index < -0.39 is 47.8 Å². The van der Waals surface area contributed by atoms with Gasteiger partial charge in [0, 0.05) is 12.8 Å². The summed E-state index contributed by atoms with van der Waals surface area (Å²) in [5.41, 5.74) is 0. The van der Waals surface area contributed by atoms with Gasteiger partial charge in [-0.15, -0.1) is 0 Å². The zero-order chi connectivity index (χ0) is 24.1. The van der Waals surface area contributed by atoms with E-state index in [4.69, 9.17) is 4.74 Å². The number of hydrogen-bond donors (Lipinski definition) is 0. The topological polar surface area (TPSA) is 112 Å². The number of hydrogen-bond acceptors (Lipinski definition) is 7. The number of methoxy groups -OCH3 is 1. The second-order valence-electron chi connectivity index (χ2n) is 7.92. The number of sulfone groups is 2. The molecule has 1 atom stereocenters. The Bertz CT molecular complexity index is 1160. The number of allylic oxidation sites excluding steroid dienone is 2. The van der Waals surface area contributed by atoms with Crippen LogP contribution in [0.5, 0.6) is 0 Å². The molecular weight excluding hydrogens is 464 g/mol. The van der Waals surface area contributed by atoms with Crippen LogP contribution in [0.1, 0.15) is 32.1 Å². The molecule has 0 N–H and O–H groups in total. The Morgan fingerprint density at radius 1 is 0.879 bits per heavy atom. The van der Waals surface area contributed by atoms with Gasteiger partial charge in [0.05, 0.1) is 22.8 Å². The van der Waals surface area contributed by atoms with Crippen LogP contribution >= 0.6 is 0 Å². The summed E-state index contributed by atoms with van der Waals surface area (Å²) in [6.07, 6.45) is 1.93. The van der Waals surface area contributed by atoms with Gasteiger partial charge in [-0.2, -0.15) is 0 Å². The van der Waals surface area contributed by atoms with Crippen LogP contribution in [0.4, 0.5) is 0 Å². The molecule has 1 aliphatic rings. The Kier molecular flexibility index (Phi) is 7.54. The lowest BCUT2D eigenvalue weighted by Gasteiger charge is -2.33. The van der Waals surface area contributed by atoms with Crippen molar-refractivity contribution < 1.29 is 31.2 Å². The Balaban J connectivity index is 2.20. The van der Waals surface area contributed by atoms with Gasteiger partial charge in [-0.1, -0.05) is 48.6 Å². The van der Waals surface area contributed by atoms with E-state index in [9.17, 15) is 26.4 Å². The maximum Gasteiger partial charge on any atom is 0.309 e. The number of ether oxygens (including phenoxy) is 1. The molecule has 0 aromatic heterocycles. The van der Waals surface area contributed by atoms with Crippen molar-refractivity contribution in [2.45, 2.75) is 46.0 Å². The van der Waals surface area contributed by atoms with E-state index in [-0.39, 0.29) is 35.5 Å². The Morgan fingerprint density at radius 2 is 1.39 bits per heavy atom. The van der Waals surface area contributed by atoms with E-state index >= 15 is 0 Å². The second-order valence-corrected chi connectivity index (χ2v) is 12.7. The number of rotatable bonds is 5. The first-order valence-corrected chi connectivity index (χ1v) is 13.5. The van der Waals surface area contributed by atoms with Gasteiger partial charge in [0.2, 0.25) is 0 Å². The maximum atomic E-state index is 13.9. The third kappa shape index (κ3) is 4.79. The Labute approximate surface area is 194 Å². The van der Waals surface area contributed by atoms with E-state index in [1.807, 2.05) is 0 Å². The fourth-order valence-electron chi connectivity index (χ4n) is 4.02. The molecule has 1 unspecified atom stereocenters. The molecule has 0 radical (unpaired) electrons. The summed E-state index contributed by atoms with van der Waals surface area (Å²) < 4.78 is 58.1. The smallest absolute Gasteiger partial charge is 0.309 e. The highest BCUT2D eigenvalue weighted by atomic mass is 32.3. The maximum absolute atomic E-state index is 13.9. The minimum Gasteiger partial charge on any atom is -0.469 e. The summed E-state index contributed by atoms with van der Waals surface area (Å²) in [4.78, 5) is 24.5. The monoisotopic (exact) mass is 490 g/mol. The van der Waals surface area contributed by atoms with Crippen LogP contribution in [-0.2, 0) is 34.0 Å². The highest BCUT2D eigenvalue weighted by Crippen LogP contribution is 2.43. The van der Waals surface area contributed by atoms with Crippen molar-refractivity contribution in [3.8, 4) is 0 Å². The fraction of sp³-hybridized carbons (Fsp3) is 0.333. The molecule has 2 aromatic carbocycles. The summed E-state index contributed by atoms with van der Waals surface area (Å²) in [7, 11) is -7.64. The van der Waals surface area contributed by atoms with Crippen LogP contribution in [0.2, 0.25) is 0 Å². The summed E-state index contributed by atoms with van der Waals surface area (Å²) >= 11 is 0. The van der Waals surface area contributed by atoms with E-state index in [1.54, 1.807) is 18.2 Å². The molecule has 0 saturated carbocycles. The Hall–Kier alpha value is -2.78. The fourth-order valence-corrected chi connectivity index (χ4v) is 9.02. The predicted molar refractivity (Wildman–Crippen MR) is 123 cm³/mol. The first kappa shape index (κ1) is 24.9. The number of carbonyl (C=O) groups excluding carboxylic acids is 2. The average molecular weight is 491 g/mol. The van der Waals surface area contributed by atoms with Crippen molar-refractivity contribution in [3.63, 3.8) is 0 Å². The third-order valence-corrected chi connectivity index (χ3v) is 11.7. The van der Waals surface area contributed by atoms with Crippen molar-refractivity contribution in [2.24, 2.45) is 5.92 Å². The molecule has 0 amide bonds. The van der Waals surface area contributed by atoms with Gasteiger partial charge in [-0.3, -0.25) is 9.59 Å². The molecule has 3 rings (SSSR count). The Morgan fingerprint density at radius 3 is 1.88 bits per heavy atom. The van der Waals surface area contributed by atoms with Crippen LogP contribution in [0, 0.1) is 5.92 Å². The standard InChI is InChI=1S/C24H26O7S2/c1-31-23(26)19-10-8-9-16-24(17-15-20(25)18-19,32(27,28)21-11-4-2-5-12-21)33(29,30)22-13-6-3-7-14-22/h2-9,11-14,19H,10,15-18H2,1H3/b9-8-. The lowest BCUT2D eigenvalue weighted by atomic mass is 9.94. The molecule has 0 fully saturated rings. The SMILES string of the molecule is COC(=O)C1C/C=C\CC(S(=O)(=O)c2ccccc2)(S(=O)(=O)c2ccccc2)CCC(=O)C1. The van der Waals surface area contributed by atoms with Crippen LogP contribution in [0.3, 0.4) is 0 Å². The van der Waals surface area contributed by atoms with Gasteiger partial charge in [-0.05, 0) is 43.5 Å². The van der Waals surface area contributed by atoms with Crippen molar-refractivity contribution in [2.75, 3.05) is 7.11 Å². The quantitative estimate of drug-likeness (QED) is 0.466. The zero-order valence-electron chi connectivity index (χ0n) is 18.2.